The van der Waals surface area contributed by atoms with Crippen molar-refractivity contribution in [1.82, 2.24) is 4.48 Å². The molecule has 5 heterocycles. The molecule has 0 amide bonds. The molecule has 0 saturated carbocycles. The number of aryl methyl sites for hydroxylation is 1. The minimum absolute atomic E-state index is 0.219. The fourth-order valence-corrected chi connectivity index (χ4v) is 11.9. The normalized spacial score (nSPS) is 12.9. The van der Waals surface area contributed by atoms with E-state index in [0.29, 0.717) is 0 Å². The standard InChI is InChI=1S/C62H42BN3O2/c1-2-3-15-38-28-30-42(31-29-38)64(41-18-5-4-6-19-41)43-32-33-52-51(36-43)63-59-55(65(52)53-25-14-23-47-44-20-9-11-26-56(44)67-61(47)53)37-50-45-21-10-12-27-57(45)68-62(50)58(59)48-24-13-22-46-49-34-39-16-7-8-17-40(39)35-54(49)66(63)60(46)48/h4-14,16-37H,2-3,15H2,1H3. The molecular formula is C62H42BN3O2. The molecule has 2 aliphatic heterocycles. The number of nitrogens with zero attached hydrogens (tertiary/aromatic N) is 3. The molecule has 0 atom stereocenters. The van der Waals surface area contributed by atoms with Crippen molar-refractivity contribution in [2.24, 2.45) is 0 Å². The average molecular weight is 872 g/mol. The summed E-state index contributed by atoms with van der Waals surface area (Å²) in [5, 5.41) is 9.34. The Morgan fingerprint density at radius 3 is 1.96 bits per heavy atom. The summed E-state index contributed by atoms with van der Waals surface area (Å²) in [6.45, 7) is 2.04. The number of benzene rings is 10. The first-order valence-corrected chi connectivity index (χ1v) is 23.9. The molecule has 0 fully saturated rings. The lowest BCUT2D eigenvalue weighted by molar-refractivity contribution is 0.669. The quantitative estimate of drug-likeness (QED) is 0.150. The third-order valence-corrected chi connectivity index (χ3v) is 14.9. The number of fused-ring (bicyclic) bond motifs is 15. The number of hydrogen-bond acceptors (Lipinski definition) is 4. The van der Waals surface area contributed by atoms with Crippen molar-refractivity contribution in [2.45, 2.75) is 26.2 Å². The zero-order valence-electron chi connectivity index (χ0n) is 37.4. The Bertz CT molecular complexity index is 4220. The summed E-state index contributed by atoms with van der Waals surface area (Å²) in [4.78, 5) is 4.91. The Labute approximate surface area is 392 Å². The van der Waals surface area contributed by atoms with E-state index < -0.39 is 0 Å². The largest absolute Gasteiger partial charge is 0.455 e. The molecule has 13 aromatic rings. The fourth-order valence-electron chi connectivity index (χ4n) is 11.9. The van der Waals surface area contributed by atoms with Gasteiger partial charge in [0.2, 0.25) is 0 Å². The third-order valence-electron chi connectivity index (χ3n) is 14.9. The molecule has 0 aliphatic carbocycles. The van der Waals surface area contributed by atoms with Crippen LogP contribution in [0.15, 0.2) is 209 Å². The van der Waals surface area contributed by atoms with Gasteiger partial charge >= 0.3 is 6.85 Å². The minimum atomic E-state index is -0.219. The molecule has 6 heteroatoms. The van der Waals surface area contributed by atoms with Gasteiger partial charge in [-0.25, -0.2) is 0 Å². The Morgan fingerprint density at radius 2 is 1.15 bits per heavy atom. The van der Waals surface area contributed by atoms with E-state index in [1.54, 1.807) is 0 Å². The van der Waals surface area contributed by atoms with Crippen molar-refractivity contribution in [1.29, 1.82) is 0 Å². The second kappa shape index (κ2) is 14.3. The number of aromatic nitrogens is 1. The second-order valence-electron chi connectivity index (χ2n) is 18.6. The summed E-state index contributed by atoms with van der Waals surface area (Å²) < 4.78 is 16.7. The summed E-state index contributed by atoms with van der Waals surface area (Å²) in [5.41, 5.74) is 18.6. The van der Waals surface area contributed by atoms with Crippen LogP contribution in [0.2, 0.25) is 0 Å². The van der Waals surface area contributed by atoms with Gasteiger partial charge in [0.1, 0.15) is 16.7 Å². The molecule has 5 nitrogen and oxygen atoms in total. The van der Waals surface area contributed by atoms with E-state index >= 15 is 0 Å². The Kier molecular flexibility index (Phi) is 7.91. The molecule has 0 spiro atoms. The van der Waals surface area contributed by atoms with Gasteiger partial charge in [-0.2, -0.15) is 0 Å². The highest BCUT2D eigenvalue weighted by Gasteiger charge is 2.45. The average Bonchev–Trinajstić information content (AvgIpc) is 4.07. The van der Waals surface area contributed by atoms with Crippen LogP contribution in [0, 0.1) is 0 Å². The van der Waals surface area contributed by atoms with Gasteiger partial charge in [0.05, 0.1) is 5.69 Å². The van der Waals surface area contributed by atoms with Crippen molar-refractivity contribution >= 4 is 128 Å². The van der Waals surface area contributed by atoms with Gasteiger partial charge < -0.3 is 23.1 Å². The van der Waals surface area contributed by atoms with Crippen LogP contribution in [-0.4, -0.2) is 11.3 Å². The van der Waals surface area contributed by atoms with Gasteiger partial charge in [-0.15, -0.1) is 0 Å². The molecule has 320 valence electrons. The number of rotatable bonds is 7. The van der Waals surface area contributed by atoms with Crippen LogP contribution >= 0.6 is 0 Å². The molecule has 15 rings (SSSR count). The predicted molar refractivity (Wildman–Crippen MR) is 285 cm³/mol. The zero-order valence-corrected chi connectivity index (χ0v) is 37.4. The van der Waals surface area contributed by atoms with Crippen LogP contribution in [0.1, 0.15) is 25.3 Å². The molecule has 68 heavy (non-hydrogen) atoms. The van der Waals surface area contributed by atoms with E-state index in [2.05, 4.69) is 221 Å². The molecule has 2 aliphatic rings. The molecule has 0 bridgehead atoms. The zero-order chi connectivity index (χ0) is 44.6. The monoisotopic (exact) mass is 871 g/mol. The van der Waals surface area contributed by atoms with Crippen LogP contribution in [0.5, 0.6) is 0 Å². The van der Waals surface area contributed by atoms with Crippen molar-refractivity contribution in [2.75, 3.05) is 9.80 Å². The number of furan rings is 2. The topological polar surface area (TPSA) is 37.7 Å². The van der Waals surface area contributed by atoms with Gasteiger partial charge in [-0.05, 0) is 119 Å². The second-order valence-corrected chi connectivity index (χ2v) is 18.6. The Morgan fingerprint density at radius 1 is 0.485 bits per heavy atom. The fraction of sp³-hybridized carbons (Fsp3) is 0.0645. The van der Waals surface area contributed by atoms with Crippen LogP contribution in [-0.2, 0) is 6.42 Å². The third kappa shape index (κ3) is 5.23. The molecule has 3 aromatic heterocycles. The predicted octanol–water partition coefficient (Wildman–Crippen LogP) is 16.0. The van der Waals surface area contributed by atoms with E-state index in [1.807, 2.05) is 0 Å². The highest BCUT2D eigenvalue weighted by atomic mass is 16.3. The summed E-state index contributed by atoms with van der Waals surface area (Å²) in [5.74, 6) is 0. The van der Waals surface area contributed by atoms with Crippen molar-refractivity contribution in [3.05, 3.63) is 206 Å². The molecule has 0 unspecified atom stereocenters. The van der Waals surface area contributed by atoms with Crippen molar-refractivity contribution < 1.29 is 8.83 Å². The number of unbranched alkanes of at least 4 members (excludes halogenated alkanes) is 1. The van der Waals surface area contributed by atoms with E-state index in [1.165, 1.54) is 67.5 Å². The Hall–Kier alpha value is -8.48. The van der Waals surface area contributed by atoms with E-state index in [4.69, 9.17) is 8.83 Å². The minimum Gasteiger partial charge on any atom is -0.455 e. The van der Waals surface area contributed by atoms with Gasteiger partial charge in [0.25, 0.3) is 0 Å². The molecule has 0 N–H and O–H groups in total. The lowest BCUT2D eigenvalue weighted by Crippen LogP contribution is -2.56. The first kappa shape index (κ1) is 37.7. The van der Waals surface area contributed by atoms with E-state index in [0.717, 1.165) is 90.0 Å². The summed E-state index contributed by atoms with van der Waals surface area (Å²) in [6, 6.07) is 73.5. The van der Waals surface area contributed by atoms with Crippen LogP contribution < -0.4 is 20.7 Å². The first-order chi connectivity index (χ1) is 33.7. The van der Waals surface area contributed by atoms with E-state index in [9.17, 15) is 0 Å². The number of para-hydroxylation sites is 5. The number of anilines is 6. The van der Waals surface area contributed by atoms with Crippen molar-refractivity contribution in [3.8, 4) is 11.1 Å². The lowest BCUT2D eigenvalue weighted by Gasteiger charge is -2.41. The molecule has 0 saturated heterocycles. The molecule has 0 radical (unpaired) electrons. The van der Waals surface area contributed by atoms with Gasteiger partial charge in [0.15, 0.2) is 5.58 Å². The van der Waals surface area contributed by atoms with E-state index in [-0.39, 0.29) is 6.85 Å². The summed E-state index contributed by atoms with van der Waals surface area (Å²) in [7, 11) is 0. The molecule has 10 aromatic carbocycles. The van der Waals surface area contributed by atoms with Gasteiger partial charge in [0, 0.05) is 82.9 Å². The van der Waals surface area contributed by atoms with Gasteiger partial charge in [-0.3, -0.25) is 0 Å². The highest BCUT2D eigenvalue weighted by molar-refractivity contribution is 6.90. The van der Waals surface area contributed by atoms with Gasteiger partial charge in [-0.1, -0.05) is 135 Å². The van der Waals surface area contributed by atoms with Crippen LogP contribution in [0.25, 0.3) is 87.6 Å². The smallest absolute Gasteiger partial charge is 0.333 e. The maximum Gasteiger partial charge on any atom is 0.333 e. The number of hydrogen-bond donors (Lipinski definition) is 0. The van der Waals surface area contributed by atoms with Crippen LogP contribution in [0.3, 0.4) is 0 Å². The summed E-state index contributed by atoms with van der Waals surface area (Å²) >= 11 is 0. The Balaban J connectivity index is 1.09. The maximum absolute atomic E-state index is 7.10. The molecular weight excluding hydrogens is 830 g/mol. The summed E-state index contributed by atoms with van der Waals surface area (Å²) in [6.07, 6.45) is 3.43. The lowest BCUT2D eigenvalue weighted by atomic mass is 9.45. The van der Waals surface area contributed by atoms with Crippen molar-refractivity contribution in [3.63, 3.8) is 0 Å². The highest BCUT2D eigenvalue weighted by Crippen LogP contribution is 2.51. The first-order valence-electron chi connectivity index (χ1n) is 23.9. The maximum atomic E-state index is 7.10. The SMILES string of the molecule is CCCCc1ccc(N(c2ccccc2)c2ccc3c(c2)B2c4c(cc5c(oc6ccccc65)c4-c4cccc5c6cc7ccccc7cc6n2c45)N3c2cccc3c2oc2ccccc23)cc1. The van der Waals surface area contributed by atoms with Crippen LogP contribution in [0.4, 0.5) is 34.1 Å².